The van der Waals surface area contributed by atoms with Gasteiger partial charge in [-0.15, -0.1) is 21.5 Å². The maximum absolute atomic E-state index is 12.7. The van der Waals surface area contributed by atoms with Crippen LogP contribution in [-0.4, -0.2) is 18.6 Å². The number of hydrogen-bond acceptors (Lipinski definition) is 6. The minimum atomic E-state index is -3.66. The van der Waals surface area contributed by atoms with E-state index in [0.717, 1.165) is 35.3 Å². The highest BCUT2D eigenvalue weighted by Gasteiger charge is 2.30. The van der Waals surface area contributed by atoms with E-state index in [9.17, 15) is 8.42 Å². The van der Waals surface area contributed by atoms with Gasteiger partial charge in [0, 0.05) is 11.3 Å². The molecule has 2 heterocycles. The number of aryl methyl sites for hydroxylation is 1. The van der Waals surface area contributed by atoms with E-state index in [1.165, 1.54) is 0 Å². The highest BCUT2D eigenvalue weighted by molar-refractivity contribution is 7.94. The second-order valence-corrected chi connectivity index (χ2v) is 9.05. The Bertz CT molecular complexity index is 1030. The third kappa shape index (κ3) is 3.19. The van der Waals surface area contributed by atoms with Crippen molar-refractivity contribution < 1.29 is 12.8 Å². The summed E-state index contributed by atoms with van der Waals surface area (Å²) in [6, 6.07) is 7.11. The average Bonchev–Trinajstić information content (AvgIpc) is 3.10. The Morgan fingerprint density at radius 1 is 1.24 bits per heavy atom. The monoisotopic (exact) mass is 375 g/mol. The Hall–Kier alpha value is -2.19. The third-order valence-corrected chi connectivity index (χ3v) is 7.11. The van der Waals surface area contributed by atoms with Crippen LogP contribution in [0.4, 0.5) is 5.69 Å². The standard InChI is InChI=1S/C17H17N3O3S2/c1-10-4-3-5-14(11(10)2)20-25(21,22)15-8-13(9-24-15)17-19-18-16(23-17)12-6-7-12/h3-5,8-9,12,20H,6-7H2,1-2H3. The van der Waals surface area contributed by atoms with Crippen LogP contribution in [0, 0.1) is 13.8 Å². The SMILES string of the molecule is Cc1cccc(NS(=O)(=O)c2cc(-c3nnc(C4CC4)o3)cs2)c1C. The first kappa shape index (κ1) is 16.3. The van der Waals surface area contributed by atoms with Crippen LogP contribution in [0.1, 0.15) is 35.8 Å². The third-order valence-electron chi connectivity index (χ3n) is 4.30. The topological polar surface area (TPSA) is 85.1 Å². The van der Waals surface area contributed by atoms with Gasteiger partial charge in [0.05, 0.1) is 11.3 Å². The van der Waals surface area contributed by atoms with Crippen molar-refractivity contribution in [3.8, 4) is 11.5 Å². The van der Waals surface area contributed by atoms with E-state index in [1.807, 2.05) is 26.0 Å². The molecule has 0 bridgehead atoms. The summed E-state index contributed by atoms with van der Waals surface area (Å²) in [5.74, 6) is 1.37. The number of sulfonamides is 1. The molecule has 8 heteroatoms. The molecule has 0 unspecified atom stereocenters. The fourth-order valence-corrected chi connectivity index (χ4v) is 4.75. The van der Waals surface area contributed by atoms with Gasteiger partial charge in [-0.3, -0.25) is 4.72 Å². The molecule has 1 aliphatic carbocycles. The first-order valence-corrected chi connectivity index (χ1v) is 10.3. The van der Waals surface area contributed by atoms with Crippen LogP contribution < -0.4 is 4.72 Å². The van der Waals surface area contributed by atoms with Gasteiger partial charge in [-0.25, -0.2) is 8.42 Å². The zero-order valence-electron chi connectivity index (χ0n) is 13.8. The smallest absolute Gasteiger partial charge is 0.271 e. The summed E-state index contributed by atoms with van der Waals surface area (Å²) in [7, 11) is -3.66. The van der Waals surface area contributed by atoms with Gasteiger partial charge < -0.3 is 4.42 Å². The fraction of sp³-hybridized carbons (Fsp3) is 0.294. The minimum absolute atomic E-state index is 0.217. The van der Waals surface area contributed by atoms with Crippen molar-refractivity contribution in [2.75, 3.05) is 4.72 Å². The van der Waals surface area contributed by atoms with E-state index in [2.05, 4.69) is 14.9 Å². The Kier molecular flexibility index (Phi) is 3.88. The lowest BCUT2D eigenvalue weighted by molar-refractivity contribution is 0.508. The van der Waals surface area contributed by atoms with Crippen LogP contribution in [0.3, 0.4) is 0 Å². The molecule has 1 N–H and O–H groups in total. The van der Waals surface area contributed by atoms with Crippen molar-refractivity contribution in [1.82, 2.24) is 10.2 Å². The number of nitrogens with zero attached hydrogens (tertiary/aromatic N) is 2. The number of hydrogen-bond donors (Lipinski definition) is 1. The van der Waals surface area contributed by atoms with Gasteiger partial charge in [0.15, 0.2) is 0 Å². The molecule has 1 saturated carbocycles. The Balaban J connectivity index is 1.60. The van der Waals surface area contributed by atoms with Crippen molar-refractivity contribution >= 4 is 27.0 Å². The van der Waals surface area contributed by atoms with Crippen LogP contribution in [0.15, 0.2) is 38.3 Å². The van der Waals surface area contributed by atoms with Gasteiger partial charge >= 0.3 is 0 Å². The number of nitrogens with one attached hydrogen (secondary N) is 1. The molecule has 0 spiro atoms. The summed E-state index contributed by atoms with van der Waals surface area (Å²) in [6.07, 6.45) is 2.15. The van der Waals surface area contributed by atoms with Crippen LogP contribution in [0.25, 0.3) is 11.5 Å². The number of aromatic nitrogens is 2. The molecule has 3 aromatic rings. The van der Waals surface area contributed by atoms with Crippen molar-refractivity contribution in [3.05, 3.63) is 46.7 Å². The summed E-state index contributed by atoms with van der Waals surface area (Å²) < 4.78 is 33.8. The molecule has 130 valence electrons. The molecule has 1 fully saturated rings. The number of rotatable bonds is 5. The van der Waals surface area contributed by atoms with Gasteiger partial charge in [-0.05, 0) is 49.9 Å². The van der Waals surface area contributed by atoms with Crippen LogP contribution in [-0.2, 0) is 10.0 Å². The molecule has 0 aliphatic heterocycles. The molecule has 6 nitrogen and oxygen atoms in total. The van der Waals surface area contributed by atoms with Crippen LogP contribution in [0.2, 0.25) is 0 Å². The summed E-state index contributed by atoms with van der Waals surface area (Å²) in [5, 5.41) is 9.79. The highest BCUT2D eigenvalue weighted by atomic mass is 32.2. The Morgan fingerprint density at radius 2 is 2.04 bits per heavy atom. The summed E-state index contributed by atoms with van der Waals surface area (Å²) in [4.78, 5) is 0. The largest absolute Gasteiger partial charge is 0.420 e. The number of thiophene rings is 1. The number of benzene rings is 1. The Labute approximate surface area is 150 Å². The molecule has 0 saturated heterocycles. The maximum atomic E-state index is 12.7. The fourth-order valence-electron chi connectivity index (χ4n) is 2.47. The zero-order valence-corrected chi connectivity index (χ0v) is 15.4. The van der Waals surface area contributed by atoms with Crippen LogP contribution in [0.5, 0.6) is 0 Å². The van der Waals surface area contributed by atoms with E-state index in [1.54, 1.807) is 17.5 Å². The van der Waals surface area contributed by atoms with E-state index < -0.39 is 10.0 Å². The molecule has 4 rings (SSSR count). The van der Waals surface area contributed by atoms with Crippen molar-refractivity contribution in [2.24, 2.45) is 0 Å². The first-order chi connectivity index (χ1) is 11.9. The second-order valence-electron chi connectivity index (χ2n) is 6.23. The lowest BCUT2D eigenvalue weighted by Gasteiger charge is -2.10. The normalized spacial score (nSPS) is 14.6. The van der Waals surface area contributed by atoms with Gasteiger partial charge in [-0.1, -0.05) is 12.1 Å². The van der Waals surface area contributed by atoms with Gasteiger partial charge in [0.25, 0.3) is 10.0 Å². The summed E-state index contributed by atoms with van der Waals surface area (Å²) in [6.45, 7) is 3.84. The highest BCUT2D eigenvalue weighted by Crippen LogP contribution is 2.40. The maximum Gasteiger partial charge on any atom is 0.271 e. The van der Waals surface area contributed by atoms with E-state index in [0.29, 0.717) is 29.0 Å². The quantitative estimate of drug-likeness (QED) is 0.726. The lowest BCUT2D eigenvalue weighted by Crippen LogP contribution is -2.12. The molecular formula is C17H17N3O3S2. The Morgan fingerprint density at radius 3 is 2.80 bits per heavy atom. The number of anilines is 1. The van der Waals surface area contributed by atoms with E-state index in [4.69, 9.17) is 4.42 Å². The average molecular weight is 375 g/mol. The van der Waals surface area contributed by atoms with E-state index in [-0.39, 0.29) is 4.21 Å². The molecule has 2 aromatic heterocycles. The molecule has 1 aliphatic rings. The van der Waals surface area contributed by atoms with Crippen LogP contribution >= 0.6 is 11.3 Å². The predicted molar refractivity (Wildman–Crippen MR) is 96.3 cm³/mol. The van der Waals surface area contributed by atoms with Crippen molar-refractivity contribution in [3.63, 3.8) is 0 Å². The lowest BCUT2D eigenvalue weighted by atomic mass is 10.1. The van der Waals surface area contributed by atoms with E-state index >= 15 is 0 Å². The molecule has 1 aromatic carbocycles. The molecule has 0 radical (unpaired) electrons. The molecule has 25 heavy (non-hydrogen) atoms. The summed E-state index contributed by atoms with van der Waals surface area (Å²) >= 11 is 1.14. The zero-order chi connectivity index (χ0) is 17.6. The molecule has 0 amide bonds. The first-order valence-electron chi connectivity index (χ1n) is 7.95. The van der Waals surface area contributed by atoms with Crippen molar-refractivity contribution in [1.29, 1.82) is 0 Å². The van der Waals surface area contributed by atoms with Gasteiger partial charge in [-0.2, -0.15) is 0 Å². The van der Waals surface area contributed by atoms with Gasteiger partial charge in [0.1, 0.15) is 4.21 Å². The minimum Gasteiger partial charge on any atom is -0.420 e. The second kappa shape index (κ2) is 5.96. The van der Waals surface area contributed by atoms with Gasteiger partial charge in [0.2, 0.25) is 11.8 Å². The molecular weight excluding hydrogens is 358 g/mol. The summed E-state index contributed by atoms with van der Waals surface area (Å²) in [5.41, 5.74) is 3.16. The predicted octanol–water partition coefficient (Wildman–Crippen LogP) is 4.09. The molecule has 0 atom stereocenters. The van der Waals surface area contributed by atoms with Crippen molar-refractivity contribution in [2.45, 2.75) is 36.8 Å².